The van der Waals surface area contributed by atoms with Gasteiger partial charge in [0.15, 0.2) is 0 Å². The Kier molecular flexibility index (Phi) is 5.06. The van der Waals surface area contributed by atoms with Gasteiger partial charge in [-0.2, -0.15) is 18.2 Å². The maximum atomic E-state index is 12.4. The third kappa shape index (κ3) is 4.52. The van der Waals surface area contributed by atoms with E-state index in [0.29, 0.717) is 11.4 Å². The third-order valence-corrected chi connectivity index (χ3v) is 2.26. The molecule has 0 aliphatic carbocycles. The average molecular weight is 293 g/mol. The SMILES string of the molecule is CCCNc1ncc([N+](=O)[O-])c(N(C)CC(F)(F)F)n1. The van der Waals surface area contributed by atoms with Crippen molar-refractivity contribution in [1.29, 1.82) is 0 Å². The van der Waals surface area contributed by atoms with Crippen LogP contribution in [0, 0.1) is 10.1 Å². The minimum atomic E-state index is -4.48. The molecule has 1 aromatic heterocycles. The molecule has 0 atom stereocenters. The maximum absolute atomic E-state index is 12.4. The van der Waals surface area contributed by atoms with Gasteiger partial charge in [-0.3, -0.25) is 10.1 Å². The van der Waals surface area contributed by atoms with Crippen molar-refractivity contribution in [3.05, 3.63) is 16.3 Å². The van der Waals surface area contributed by atoms with Crippen molar-refractivity contribution in [3.63, 3.8) is 0 Å². The van der Waals surface area contributed by atoms with Crippen molar-refractivity contribution >= 4 is 17.5 Å². The van der Waals surface area contributed by atoms with E-state index < -0.39 is 23.3 Å². The minimum Gasteiger partial charge on any atom is -0.354 e. The Morgan fingerprint density at radius 3 is 2.65 bits per heavy atom. The van der Waals surface area contributed by atoms with E-state index in [1.807, 2.05) is 6.92 Å². The van der Waals surface area contributed by atoms with Crippen molar-refractivity contribution in [2.24, 2.45) is 0 Å². The molecule has 20 heavy (non-hydrogen) atoms. The first-order valence-electron chi connectivity index (χ1n) is 5.77. The summed E-state index contributed by atoms with van der Waals surface area (Å²) in [7, 11) is 1.09. The number of rotatable bonds is 6. The summed E-state index contributed by atoms with van der Waals surface area (Å²) < 4.78 is 37.1. The molecule has 0 saturated carbocycles. The Hall–Kier alpha value is -2.13. The van der Waals surface area contributed by atoms with Crippen LogP contribution in [0.3, 0.4) is 0 Å². The van der Waals surface area contributed by atoms with Crippen molar-refractivity contribution in [1.82, 2.24) is 9.97 Å². The molecule has 0 amide bonds. The van der Waals surface area contributed by atoms with E-state index in [-0.39, 0.29) is 11.8 Å². The van der Waals surface area contributed by atoms with Crippen LogP contribution in [-0.4, -0.2) is 41.2 Å². The largest absolute Gasteiger partial charge is 0.405 e. The van der Waals surface area contributed by atoms with E-state index in [9.17, 15) is 23.3 Å². The number of halogens is 3. The van der Waals surface area contributed by atoms with Crippen LogP contribution in [-0.2, 0) is 0 Å². The van der Waals surface area contributed by atoms with Crippen molar-refractivity contribution in [2.45, 2.75) is 19.5 Å². The lowest BCUT2D eigenvalue weighted by Gasteiger charge is -2.19. The molecule has 0 fully saturated rings. The highest BCUT2D eigenvalue weighted by atomic mass is 19.4. The molecule has 1 heterocycles. The van der Waals surface area contributed by atoms with Gasteiger partial charge >= 0.3 is 11.9 Å². The van der Waals surface area contributed by atoms with Crippen molar-refractivity contribution in [2.75, 3.05) is 30.4 Å². The van der Waals surface area contributed by atoms with Gasteiger partial charge in [-0.25, -0.2) is 4.98 Å². The molecule has 0 aliphatic heterocycles. The zero-order valence-electron chi connectivity index (χ0n) is 10.9. The number of anilines is 2. The summed E-state index contributed by atoms with van der Waals surface area (Å²) in [6.07, 6.45) is -2.83. The summed E-state index contributed by atoms with van der Waals surface area (Å²) in [6.45, 7) is 1.06. The van der Waals surface area contributed by atoms with Gasteiger partial charge < -0.3 is 10.2 Å². The monoisotopic (exact) mass is 293 g/mol. The van der Waals surface area contributed by atoms with E-state index in [4.69, 9.17) is 0 Å². The Morgan fingerprint density at radius 2 is 2.15 bits per heavy atom. The lowest BCUT2D eigenvalue weighted by atomic mass is 10.4. The number of aromatic nitrogens is 2. The lowest BCUT2D eigenvalue weighted by molar-refractivity contribution is -0.384. The van der Waals surface area contributed by atoms with Gasteiger partial charge in [0.05, 0.1) is 4.92 Å². The standard InChI is InChI=1S/C10H14F3N5O2/c1-3-4-14-9-15-5-7(18(19)20)8(16-9)17(2)6-10(11,12)13/h5H,3-4,6H2,1-2H3,(H,14,15,16). The summed E-state index contributed by atoms with van der Waals surface area (Å²) in [6, 6.07) is 0. The van der Waals surface area contributed by atoms with E-state index >= 15 is 0 Å². The molecule has 1 rings (SSSR count). The van der Waals surface area contributed by atoms with Gasteiger partial charge in [0.2, 0.25) is 11.8 Å². The third-order valence-electron chi connectivity index (χ3n) is 2.26. The number of nitrogens with one attached hydrogen (secondary N) is 1. The normalized spacial score (nSPS) is 11.2. The first-order valence-corrected chi connectivity index (χ1v) is 5.77. The van der Waals surface area contributed by atoms with Gasteiger partial charge in [-0.05, 0) is 6.42 Å². The predicted octanol–water partition coefficient (Wildman–Crippen LogP) is 2.21. The van der Waals surface area contributed by atoms with Gasteiger partial charge in [-0.15, -0.1) is 0 Å². The predicted molar refractivity (Wildman–Crippen MR) is 66.8 cm³/mol. The highest BCUT2D eigenvalue weighted by Gasteiger charge is 2.32. The molecular formula is C10H14F3N5O2. The molecule has 7 nitrogen and oxygen atoms in total. The summed E-state index contributed by atoms with van der Waals surface area (Å²) in [5, 5.41) is 13.6. The Balaban J connectivity index is 3.08. The van der Waals surface area contributed by atoms with E-state index in [1.165, 1.54) is 0 Å². The number of hydrogen-bond donors (Lipinski definition) is 1. The highest BCUT2D eigenvalue weighted by molar-refractivity contribution is 5.58. The molecule has 112 valence electrons. The minimum absolute atomic E-state index is 0.0569. The number of nitro groups is 1. The molecule has 0 aromatic carbocycles. The Labute approximate surface area is 113 Å². The number of hydrogen-bond acceptors (Lipinski definition) is 6. The van der Waals surface area contributed by atoms with Crippen LogP contribution in [0.25, 0.3) is 0 Å². The van der Waals surface area contributed by atoms with E-state index in [2.05, 4.69) is 15.3 Å². The number of alkyl halides is 3. The molecular weight excluding hydrogens is 279 g/mol. The van der Waals surface area contributed by atoms with Crippen LogP contribution in [0.1, 0.15) is 13.3 Å². The zero-order valence-corrected chi connectivity index (χ0v) is 10.9. The first kappa shape index (κ1) is 15.9. The summed E-state index contributed by atoms with van der Waals surface area (Å²) in [5.41, 5.74) is -0.571. The molecule has 1 N–H and O–H groups in total. The first-order chi connectivity index (χ1) is 9.24. The smallest absolute Gasteiger partial charge is 0.354 e. The average Bonchev–Trinajstić information content (AvgIpc) is 2.33. The molecule has 0 aliphatic rings. The summed E-state index contributed by atoms with van der Waals surface area (Å²) >= 11 is 0. The summed E-state index contributed by atoms with van der Waals surface area (Å²) in [4.78, 5) is 18.2. The quantitative estimate of drug-likeness (QED) is 0.639. The Bertz CT molecular complexity index is 480. The fraction of sp³-hybridized carbons (Fsp3) is 0.600. The second-order valence-corrected chi connectivity index (χ2v) is 4.06. The van der Waals surface area contributed by atoms with E-state index in [0.717, 1.165) is 19.7 Å². The molecule has 0 bridgehead atoms. The fourth-order valence-corrected chi connectivity index (χ4v) is 1.44. The zero-order chi connectivity index (χ0) is 15.3. The van der Waals surface area contributed by atoms with E-state index in [1.54, 1.807) is 0 Å². The fourth-order valence-electron chi connectivity index (χ4n) is 1.44. The number of nitrogens with zero attached hydrogens (tertiary/aromatic N) is 4. The van der Waals surface area contributed by atoms with Gasteiger partial charge in [-0.1, -0.05) is 6.92 Å². The molecule has 1 aromatic rings. The molecule has 0 spiro atoms. The van der Waals surface area contributed by atoms with Crippen LogP contribution in [0.5, 0.6) is 0 Å². The van der Waals surface area contributed by atoms with Crippen LogP contribution in [0.4, 0.5) is 30.6 Å². The second-order valence-electron chi connectivity index (χ2n) is 4.06. The van der Waals surface area contributed by atoms with Crippen LogP contribution >= 0.6 is 0 Å². The van der Waals surface area contributed by atoms with Crippen molar-refractivity contribution in [3.8, 4) is 0 Å². The topological polar surface area (TPSA) is 84.2 Å². The van der Waals surface area contributed by atoms with Crippen LogP contribution in [0.2, 0.25) is 0 Å². The molecule has 0 radical (unpaired) electrons. The highest BCUT2D eigenvalue weighted by Crippen LogP contribution is 2.27. The Morgan fingerprint density at radius 1 is 1.50 bits per heavy atom. The van der Waals surface area contributed by atoms with Crippen LogP contribution in [0.15, 0.2) is 6.20 Å². The molecule has 10 heteroatoms. The van der Waals surface area contributed by atoms with Gasteiger partial charge in [0.25, 0.3) is 0 Å². The lowest BCUT2D eigenvalue weighted by Crippen LogP contribution is -2.32. The van der Waals surface area contributed by atoms with Crippen molar-refractivity contribution < 1.29 is 18.1 Å². The summed E-state index contributed by atoms with van der Waals surface area (Å²) in [5.74, 6) is -0.317. The molecule has 0 unspecified atom stereocenters. The van der Waals surface area contributed by atoms with Crippen LogP contribution < -0.4 is 10.2 Å². The van der Waals surface area contributed by atoms with Gasteiger partial charge in [0, 0.05) is 13.6 Å². The van der Waals surface area contributed by atoms with Gasteiger partial charge in [0.1, 0.15) is 12.7 Å². The molecule has 0 saturated heterocycles. The maximum Gasteiger partial charge on any atom is 0.405 e. The second kappa shape index (κ2) is 6.35.